The first-order valence-electron chi connectivity index (χ1n) is 6.69. The van der Waals surface area contributed by atoms with Gasteiger partial charge in [-0.2, -0.15) is 0 Å². The molecule has 0 aliphatic rings. The third kappa shape index (κ3) is 5.72. The molecule has 0 atom stereocenters. The number of hydrogen-bond donors (Lipinski definition) is 2. The van der Waals surface area contributed by atoms with Gasteiger partial charge in [0.1, 0.15) is 5.75 Å². The Morgan fingerprint density at radius 1 is 1.12 bits per heavy atom. The summed E-state index contributed by atoms with van der Waals surface area (Å²) in [5.74, 6) is -0.922. The van der Waals surface area contributed by atoms with Crippen LogP contribution in [0.5, 0.6) is 5.75 Å². The molecular formula is C17H14CuN3O3. The molecule has 0 bridgehead atoms. The Morgan fingerprint density at radius 3 is 2.42 bits per heavy atom. The normalized spacial score (nSPS) is 9.67. The smallest absolute Gasteiger partial charge is 0.507 e. The number of nitrogens with zero attached hydrogens (tertiary/aromatic N) is 3. The van der Waals surface area contributed by atoms with E-state index < -0.39 is 5.97 Å². The fraction of sp³-hybridized carbons (Fsp3) is 0. The van der Waals surface area contributed by atoms with Gasteiger partial charge >= 0.3 is 23.0 Å². The largest absolute Gasteiger partial charge is 1.00 e. The predicted octanol–water partition coefficient (Wildman–Crippen LogP) is 2.88. The summed E-state index contributed by atoms with van der Waals surface area (Å²) in [7, 11) is 0. The molecular weight excluding hydrogens is 358 g/mol. The minimum atomic E-state index is -1.03. The summed E-state index contributed by atoms with van der Waals surface area (Å²) in [5, 5.41) is 18.6. The second-order valence-corrected chi connectivity index (χ2v) is 4.35. The van der Waals surface area contributed by atoms with Gasteiger partial charge in [-0.3, -0.25) is 4.99 Å². The first kappa shape index (κ1) is 19.2. The summed E-state index contributed by atoms with van der Waals surface area (Å²) in [5.41, 5.74) is 1.02. The number of aromatic carboxylic acids is 1. The van der Waals surface area contributed by atoms with Crippen molar-refractivity contribution in [3.8, 4) is 5.75 Å². The third-order valence-corrected chi connectivity index (χ3v) is 2.79. The molecule has 2 aromatic carbocycles. The first-order chi connectivity index (χ1) is 11.2. The van der Waals surface area contributed by atoms with E-state index in [-0.39, 0.29) is 28.4 Å². The zero-order valence-corrected chi connectivity index (χ0v) is 13.3. The van der Waals surface area contributed by atoms with Crippen LogP contribution < -0.4 is 4.98 Å². The summed E-state index contributed by atoms with van der Waals surface area (Å²) in [6.45, 7) is 0. The van der Waals surface area contributed by atoms with Gasteiger partial charge in [0.05, 0.1) is 11.3 Å². The Labute approximate surface area is 149 Å². The van der Waals surface area contributed by atoms with Gasteiger partial charge in [-0.25, -0.2) is 4.79 Å². The van der Waals surface area contributed by atoms with Crippen LogP contribution >= 0.6 is 0 Å². The maximum atomic E-state index is 11.0. The number of aromatic nitrogens is 2. The maximum absolute atomic E-state index is 11.0. The van der Waals surface area contributed by atoms with Crippen LogP contribution in [0.4, 0.5) is 5.69 Å². The molecule has 24 heavy (non-hydrogen) atoms. The zero-order chi connectivity index (χ0) is 16.5. The third-order valence-electron chi connectivity index (χ3n) is 2.79. The molecule has 0 spiro atoms. The van der Waals surface area contributed by atoms with E-state index in [0.29, 0.717) is 11.3 Å². The molecule has 0 unspecified atom stereocenters. The van der Waals surface area contributed by atoms with Crippen LogP contribution in [-0.4, -0.2) is 27.4 Å². The second-order valence-electron chi connectivity index (χ2n) is 4.35. The molecule has 1 aromatic heterocycles. The zero-order valence-electron chi connectivity index (χ0n) is 12.4. The molecule has 126 valence electrons. The van der Waals surface area contributed by atoms with Crippen LogP contribution in [0.15, 0.2) is 72.2 Å². The van der Waals surface area contributed by atoms with E-state index in [4.69, 9.17) is 5.11 Å². The Kier molecular flexibility index (Phi) is 7.98. The van der Waals surface area contributed by atoms with Crippen LogP contribution in [0, 0.1) is 0 Å². The molecule has 6 nitrogen and oxygen atoms in total. The summed E-state index contributed by atoms with van der Waals surface area (Å²) in [6.07, 6.45) is 6.22. The summed E-state index contributed by atoms with van der Waals surface area (Å²) in [4.78, 5) is 22.3. The van der Waals surface area contributed by atoms with Crippen molar-refractivity contribution >= 4 is 17.9 Å². The molecule has 0 aliphatic heterocycles. The van der Waals surface area contributed by atoms with Crippen LogP contribution in [0.25, 0.3) is 0 Å². The van der Waals surface area contributed by atoms with E-state index in [9.17, 15) is 9.90 Å². The van der Waals surface area contributed by atoms with E-state index in [1.165, 1.54) is 18.6 Å². The number of imidazole rings is 1. The molecule has 3 aromatic rings. The number of carbonyl (C=O) groups is 1. The minimum Gasteiger partial charge on any atom is -0.507 e. The van der Waals surface area contributed by atoms with Crippen molar-refractivity contribution in [1.29, 1.82) is 0 Å². The molecule has 0 aliphatic carbocycles. The minimum absolute atomic E-state index is 0. The molecule has 0 amide bonds. The van der Waals surface area contributed by atoms with Crippen LogP contribution in [0.2, 0.25) is 0 Å². The molecule has 0 fully saturated rings. The van der Waals surface area contributed by atoms with Crippen molar-refractivity contribution in [2.24, 2.45) is 4.99 Å². The molecule has 0 radical (unpaired) electrons. The van der Waals surface area contributed by atoms with E-state index in [1.54, 1.807) is 54.9 Å². The van der Waals surface area contributed by atoms with Crippen LogP contribution in [0.1, 0.15) is 15.9 Å². The predicted molar refractivity (Wildman–Crippen MR) is 86.3 cm³/mol. The molecule has 3 rings (SSSR count). The number of rotatable bonds is 3. The van der Waals surface area contributed by atoms with Gasteiger partial charge in [0.25, 0.3) is 0 Å². The van der Waals surface area contributed by atoms with Crippen molar-refractivity contribution in [2.75, 3.05) is 0 Å². The maximum Gasteiger partial charge on any atom is 1.00 e. The Balaban J connectivity index is 0.000000412. The molecule has 7 heteroatoms. The molecule has 0 saturated carbocycles. The second kappa shape index (κ2) is 9.99. The van der Waals surface area contributed by atoms with Gasteiger partial charge in [-0.05, 0) is 24.3 Å². The van der Waals surface area contributed by atoms with Gasteiger partial charge in [-0.15, -0.1) is 0 Å². The molecule has 2 N–H and O–H groups in total. The SMILES string of the molecule is O=C(O)c1ccccc1N=Cc1ccccc1O.[Cu+].c1c[n-]cn1. The first-order valence-corrected chi connectivity index (χ1v) is 6.69. The van der Waals surface area contributed by atoms with Gasteiger partial charge in [0.15, 0.2) is 0 Å². The summed E-state index contributed by atoms with van der Waals surface area (Å²) < 4.78 is 0. The standard InChI is InChI=1S/C14H11NO3.C3H3N2.Cu/c16-13-8-4-1-5-10(13)9-15-12-7-3-2-6-11(12)14(17)18;1-2-5-3-4-1;/h1-9,16H,(H,17,18);1-3H;/q;-1;+1. The number of phenols is 1. The van der Waals surface area contributed by atoms with Crippen molar-refractivity contribution in [3.05, 3.63) is 78.4 Å². The average molecular weight is 372 g/mol. The summed E-state index contributed by atoms with van der Waals surface area (Å²) >= 11 is 0. The number of aliphatic imine (C=N–C) groups is 1. The quantitative estimate of drug-likeness (QED) is 0.545. The van der Waals surface area contributed by atoms with E-state index in [2.05, 4.69) is 15.0 Å². The monoisotopic (exact) mass is 371 g/mol. The van der Waals surface area contributed by atoms with Gasteiger partial charge in [0, 0.05) is 11.8 Å². The Bertz CT molecular complexity index is 772. The van der Waals surface area contributed by atoms with Crippen LogP contribution in [0.3, 0.4) is 0 Å². The fourth-order valence-corrected chi connectivity index (χ4v) is 1.70. The van der Waals surface area contributed by atoms with Gasteiger partial charge < -0.3 is 20.2 Å². The topological polar surface area (TPSA) is 96.9 Å². The number of benzene rings is 2. The summed E-state index contributed by atoms with van der Waals surface area (Å²) in [6, 6.07) is 13.2. The van der Waals surface area contributed by atoms with Crippen molar-refractivity contribution in [2.45, 2.75) is 0 Å². The molecule has 1 heterocycles. The average Bonchev–Trinajstić information content (AvgIpc) is 3.14. The Hall–Kier alpha value is -2.89. The van der Waals surface area contributed by atoms with Gasteiger partial charge in [-0.1, -0.05) is 43.0 Å². The van der Waals surface area contributed by atoms with Crippen molar-refractivity contribution in [1.82, 2.24) is 9.97 Å². The number of carboxylic acid groups (broad SMARTS) is 1. The number of hydrogen-bond acceptors (Lipinski definition) is 4. The number of phenolic OH excluding ortho intramolecular Hbond substituents is 1. The van der Waals surface area contributed by atoms with Crippen LogP contribution in [-0.2, 0) is 17.1 Å². The number of aromatic hydroxyl groups is 1. The fourth-order valence-electron chi connectivity index (χ4n) is 1.70. The number of para-hydroxylation sites is 2. The molecule has 0 saturated heterocycles. The van der Waals surface area contributed by atoms with Crippen molar-refractivity contribution < 1.29 is 32.1 Å². The van der Waals surface area contributed by atoms with Gasteiger partial charge in [0.2, 0.25) is 0 Å². The Morgan fingerprint density at radius 2 is 1.83 bits per heavy atom. The van der Waals surface area contributed by atoms with E-state index in [1.807, 2.05) is 0 Å². The van der Waals surface area contributed by atoms with E-state index in [0.717, 1.165) is 0 Å². The number of carboxylic acids is 1. The van der Waals surface area contributed by atoms with E-state index >= 15 is 0 Å². The van der Waals surface area contributed by atoms with Crippen molar-refractivity contribution in [3.63, 3.8) is 0 Å².